The Hall–Kier alpha value is -2.86. The van der Waals surface area contributed by atoms with Crippen molar-refractivity contribution in [2.75, 3.05) is 0 Å². The number of tetrazole rings is 1. The Morgan fingerprint density at radius 2 is 1.56 bits per heavy atom. The van der Waals surface area contributed by atoms with Crippen molar-refractivity contribution in [3.8, 4) is 0 Å². The van der Waals surface area contributed by atoms with Crippen LogP contribution in [0.5, 0.6) is 0 Å². The molecule has 0 saturated carbocycles. The Bertz CT molecular complexity index is 868. The van der Waals surface area contributed by atoms with Crippen LogP contribution in [0, 0.1) is 0 Å². The summed E-state index contributed by atoms with van der Waals surface area (Å²) in [5, 5.41) is 13.0. The monoisotopic (exact) mass is 348 g/mol. The molecule has 0 radical (unpaired) electrons. The number of aromatic nitrogens is 4. The lowest BCUT2D eigenvalue weighted by atomic mass is 10.0. The molecule has 0 aliphatic rings. The molecule has 5 nitrogen and oxygen atoms in total. The summed E-state index contributed by atoms with van der Waals surface area (Å²) < 4.78 is 7.18. The van der Waals surface area contributed by atoms with Gasteiger partial charge in [-0.15, -0.1) is 5.10 Å². The summed E-state index contributed by atoms with van der Waals surface area (Å²) in [5.74, 6) is 0.824. The van der Waals surface area contributed by atoms with E-state index >= 15 is 0 Å². The Labute approximate surface area is 149 Å². The quantitative estimate of drug-likeness (QED) is 0.489. The van der Waals surface area contributed by atoms with E-state index in [0.29, 0.717) is 6.54 Å². The topological polar surface area (TPSA) is 56.7 Å². The summed E-state index contributed by atoms with van der Waals surface area (Å²) in [4.78, 5) is 0. The van der Waals surface area contributed by atoms with Gasteiger partial charge in [0.1, 0.15) is 12.3 Å². The Kier molecular flexibility index (Phi) is 4.61. The first kappa shape index (κ1) is 15.7. The van der Waals surface area contributed by atoms with E-state index in [4.69, 9.17) is 4.42 Å². The lowest BCUT2D eigenvalue weighted by molar-refractivity contribution is 0.462. The van der Waals surface area contributed by atoms with Gasteiger partial charge in [0.15, 0.2) is 0 Å². The van der Waals surface area contributed by atoms with Gasteiger partial charge >= 0.3 is 0 Å². The molecule has 6 heteroatoms. The van der Waals surface area contributed by atoms with Gasteiger partial charge in [-0.25, -0.2) is 4.68 Å². The van der Waals surface area contributed by atoms with Crippen LogP contribution in [0.25, 0.3) is 0 Å². The summed E-state index contributed by atoms with van der Waals surface area (Å²) in [6.45, 7) is 0.513. The summed E-state index contributed by atoms with van der Waals surface area (Å²) in [7, 11) is 0. The van der Waals surface area contributed by atoms with Gasteiger partial charge in [-0.05, 0) is 33.7 Å². The molecule has 0 N–H and O–H groups in total. The molecule has 0 bridgehead atoms. The first-order chi connectivity index (χ1) is 12.4. The van der Waals surface area contributed by atoms with Crippen molar-refractivity contribution >= 4 is 11.8 Å². The molecule has 0 atom stereocenters. The van der Waals surface area contributed by atoms with Gasteiger partial charge in [0.05, 0.1) is 11.5 Å². The second-order valence-electron chi connectivity index (χ2n) is 5.52. The molecule has 2 aromatic heterocycles. The minimum Gasteiger partial charge on any atom is -0.467 e. The maximum absolute atomic E-state index is 5.41. The van der Waals surface area contributed by atoms with E-state index in [-0.39, 0.29) is 5.25 Å². The van der Waals surface area contributed by atoms with Crippen molar-refractivity contribution < 1.29 is 4.42 Å². The number of rotatable bonds is 6. The fourth-order valence-corrected chi connectivity index (χ4v) is 3.72. The van der Waals surface area contributed by atoms with Crippen molar-refractivity contribution in [2.24, 2.45) is 0 Å². The van der Waals surface area contributed by atoms with Crippen molar-refractivity contribution in [2.45, 2.75) is 17.0 Å². The Morgan fingerprint density at radius 1 is 0.880 bits per heavy atom. The number of nitrogens with zero attached hydrogens (tertiary/aromatic N) is 4. The average molecular weight is 348 g/mol. The molecule has 4 aromatic rings. The number of hydrogen-bond acceptors (Lipinski definition) is 5. The zero-order chi connectivity index (χ0) is 16.9. The number of furan rings is 1. The van der Waals surface area contributed by atoms with Gasteiger partial charge in [-0.1, -0.05) is 72.4 Å². The van der Waals surface area contributed by atoms with E-state index in [0.717, 1.165) is 10.9 Å². The van der Waals surface area contributed by atoms with Gasteiger partial charge in [0.2, 0.25) is 5.16 Å². The van der Waals surface area contributed by atoms with Crippen LogP contribution >= 0.6 is 11.8 Å². The summed E-state index contributed by atoms with van der Waals surface area (Å²) in [5.41, 5.74) is 2.43. The standard InChI is InChI=1S/C19H16N4OS/c1-3-8-15(9-4-1)18(16-10-5-2-6-11-16)25-19-20-21-22-23(19)14-17-12-7-13-24-17/h1-13,18H,14H2. The fraction of sp³-hybridized carbons (Fsp3) is 0.105. The molecule has 2 heterocycles. The molecular weight excluding hydrogens is 332 g/mol. The molecule has 0 unspecified atom stereocenters. The van der Waals surface area contributed by atoms with Crippen LogP contribution in [0.2, 0.25) is 0 Å². The van der Waals surface area contributed by atoms with Crippen molar-refractivity contribution in [3.63, 3.8) is 0 Å². The second kappa shape index (κ2) is 7.36. The molecule has 4 rings (SSSR count). The number of thioether (sulfide) groups is 1. The second-order valence-corrected chi connectivity index (χ2v) is 6.59. The predicted molar refractivity (Wildman–Crippen MR) is 96.2 cm³/mol. The maximum atomic E-state index is 5.41. The minimum absolute atomic E-state index is 0.115. The van der Waals surface area contributed by atoms with E-state index in [2.05, 4.69) is 64.1 Å². The van der Waals surface area contributed by atoms with E-state index in [9.17, 15) is 0 Å². The average Bonchev–Trinajstić information content (AvgIpc) is 3.34. The van der Waals surface area contributed by atoms with E-state index in [1.807, 2.05) is 24.3 Å². The SMILES string of the molecule is c1ccc(C(Sc2nnnn2Cc2ccco2)c2ccccc2)cc1. The van der Waals surface area contributed by atoms with Gasteiger partial charge < -0.3 is 4.42 Å². The highest BCUT2D eigenvalue weighted by molar-refractivity contribution is 7.99. The maximum Gasteiger partial charge on any atom is 0.210 e. The molecule has 0 spiro atoms. The molecule has 0 saturated heterocycles. The summed E-state index contributed by atoms with van der Waals surface area (Å²) in [6.07, 6.45) is 1.66. The van der Waals surface area contributed by atoms with Crippen LogP contribution < -0.4 is 0 Å². The van der Waals surface area contributed by atoms with Crippen LogP contribution in [0.1, 0.15) is 22.1 Å². The van der Waals surface area contributed by atoms with Crippen LogP contribution in [0.15, 0.2) is 88.6 Å². The van der Waals surface area contributed by atoms with Crippen LogP contribution in [-0.2, 0) is 6.54 Å². The van der Waals surface area contributed by atoms with Crippen LogP contribution in [0.4, 0.5) is 0 Å². The zero-order valence-electron chi connectivity index (χ0n) is 13.4. The third-order valence-corrected chi connectivity index (χ3v) is 5.10. The smallest absolute Gasteiger partial charge is 0.210 e. The van der Waals surface area contributed by atoms with Crippen molar-refractivity contribution in [3.05, 3.63) is 95.9 Å². The minimum atomic E-state index is 0.115. The third kappa shape index (κ3) is 3.64. The van der Waals surface area contributed by atoms with Gasteiger partial charge in [-0.2, -0.15) is 0 Å². The van der Waals surface area contributed by atoms with E-state index in [1.165, 1.54) is 11.1 Å². The third-order valence-electron chi connectivity index (χ3n) is 3.81. The molecule has 0 amide bonds. The predicted octanol–water partition coefficient (Wildman–Crippen LogP) is 4.20. The highest BCUT2D eigenvalue weighted by Gasteiger charge is 2.19. The number of benzene rings is 2. The zero-order valence-corrected chi connectivity index (χ0v) is 14.2. The van der Waals surface area contributed by atoms with Crippen LogP contribution in [0.3, 0.4) is 0 Å². The first-order valence-corrected chi connectivity index (χ1v) is 8.83. The Morgan fingerprint density at radius 3 is 2.16 bits per heavy atom. The van der Waals surface area contributed by atoms with E-state index < -0.39 is 0 Å². The van der Waals surface area contributed by atoms with Gasteiger partial charge in [0.25, 0.3) is 0 Å². The molecular formula is C19H16N4OS. The van der Waals surface area contributed by atoms with Gasteiger partial charge in [0, 0.05) is 0 Å². The normalized spacial score (nSPS) is 11.1. The lowest BCUT2D eigenvalue weighted by Crippen LogP contribution is -2.05. The number of hydrogen-bond donors (Lipinski definition) is 0. The highest BCUT2D eigenvalue weighted by Crippen LogP contribution is 2.39. The van der Waals surface area contributed by atoms with Crippen molar-refractivity contribution in [1.82, 2.24) is 20.2 Å². The molecule has 2 aromatic carbocycles. The largest absolute Gasteiger partial charge is 0.467 e. The summed E-state index contributed by atoms with van der Waals surface area (Å²) in [6, 6.07) is 24.6. The molecule has 0 aliphatic carbocycles. The summed E-state index contributed by atoms with van der Waals surface area (Å²) >= 11 is 1.64. The Balaban J connectivity index is 1.65. The van der Waals surface area contributed by atoms with E-state index in [1.54, 1.807) is 22.7 Å². The molecule has 0 fully saturated rings. The fourth-order valence-electron chi connectivity index (χ4n) is 2.62. The first-order valence-electron chi connectivity index (χ1n) is 7.95. The molecule has 124 valence electrons. The lowest BCUT2D eigenvalue weighted by Gasteiger charge is -2.17. The van der Waals surface area contributed by atoms with Crippen LogP contribution in [-0.4, -0.2) is 20.2 Å². The van der Waals surface area contributed by atoms with Gasteiger partial charge in [-0.3, -0.25) is 0 Å². The molecule has 0 aliphatic heterocycles. The highest BCUT2D eigenvalue weighted by atomic mass is 32.2. The van der Waals surface area contributed by atoms with Crippen molar-refractivity contribution in [1.29, 1.82) is 0 Å². The molecule has 25 heavy (non-hydrogen) atoms.